The Morgan fingerprint density at radius 2 is 2.04 bits per heavy atom. The molecule has 0 aliphatic carbocycles. The molecule has 0 saturated heterocycles. The number of nitrogens with zero attached hydrogens (tertiary/aromatic N) is 4. The number of hydrogen-bond acceptors (Lipinski definition) is 4. The molecule has 0 bridgehead atoms. The van der Waals surface area contributed by atoms with Gasteiger partial charge in [0.05, 0.1) is 12.2 Å². The summed E-state index contributed by atoms with van der Waals surface area (Å²) in [6, 6.07) is 8.02. The van der Waals surface area contributed by atoms with Gasteiger partial charge in [0.2, 0.25) is 0 Å². The number of para-hydroxylation sites is 1. The summed E-state index contributed by atoms with van der Waals surface area (Å²) < 4.78 is 7.91. The number of aromatic nitrogens is 2. The molecule has 1 heterocycles. The molecule has 0 saturated carbocycles. The van der Waals surface area contributed by atoms with Crippen LogP contribution in [-0.2, 0) is 0 Å². The minimum absolute atomic E-state index is 0.732. The number of benzene rings is 1. The largest absolute Gasteiger partial charge is 0.493 e. The van der Waals surface area contributed by atoms with E-state index in [1.807, 2.05) is 49.1 Å². The Hall–Kier alpha value is -2.30. The highest BCUT2D eigenvalue weighted by atomic mass is 16.5. The van der Waals surface area contributed by atoms with Gasteiger partial charge >= 0.3 is 0 Å². The molecule has 0 radical (unpaired) electrons. The Kier molecular flexibility index (Phi) is 6.66. The van der Waals surface area contributed by atoms with Crippen LogP contribution >= 0.6 is 0 Å². The smallest absolute Gasteiger partial charge is 0.168 e. The van der Waals surface area contributed by atoms with E-state index in [-0.39, 0.29) is 0 Å². The second kappa shape index (κ2) is 8.98. The number of hydrogen-bond donors (Lipinski definition) is 0. The molecule has 0 amide bonds. The number of hydrazone groups is 1. The van der Waals surface area contributed by atoms with Gasteiger partial charge in [-0.2, -0.15) is 5.10 Å². The summed E-state index contributed by atoms with van der Waals surface area (Å²) in [5.41, 5.74) is 0.967. The first-order valence-corrected chi connectivity index (χ1v) is 8.19. The van der Waals surface area contributed by atoms with Gasteiger partial charge in [-0.1, -0.05) is 38.3 Å². The SMILES string of the molecule is CCCCCCOc1ccccc1/C(=N\N(C)C)n1ccnc1. The van der Waals surface area contributed by atoms with Gasteiger partial charge in [-0.25, -0.2) is 4.98 Å². The van der Waals surface area contributed by atoms with Crippen molar-refractivity contribution in [3.05, 3.63) is 48.5 Å². The fourth-order valence-corrected chi connectivity index (χ4v) is 2.31. The van der Waals surface area contributed by atoms with Crippen molar-refractivity contribution in [2.24, 2.45) is 5.10 Å². The topological polar surface area (TPSA) is 42.6 Å². The fourth-order valence-electron chi connectivity index (χ4n) is 2.31. The maximum atomic E-state index is 6.01. The third kappa shape index (κ3) is 5.13. The molecule has 0 fully saturated rings. The predicted molar refractivity (Wildman–Crippen MR) is 93.9 cm³/mol. The molecule has 0 N–H and O–H groups in total. The zero-order valence-electron chi connectivity index (χ0n) is 14.3. The first-order valence-electron chi connectivity index (χ1n) is 8.19. The summed E-state index contributed by atoms with van der Waals surface area (Å²) in [4.78, 5) is 4.12. The Bertz CT molecular complexity index is 605. The van der Waals surface area contributed by atoms with Gasteiger partial charge in [-0.05, 0) is 18.6 Å². The molecule has 0 spiro atoms. The molecule has 2 rings (SSSR count). The fraction of sp³-hybridized carbons (Fsp3) is 0.444. The van der Waals surface area contributed by atoms with Crippen LogP contribution < -0.4 is 4.74 Å². The standard InChI is InChI=1S/C18H26N4O/c1-4-5-6-9-14-23-17-11-8-7-10-16(17)18(20-21(2)3)22-13-12-19-15-22/h7-8,10-13,15H,4-6,9,14H2,1-3H3/b20-18+. The van der Waals surface area contributed by atoms with Crippen LogP contribution in [0, 0.1) is 0 Å². The summed E-state index contributed by atoms with van der Waals surface area (Å²) in [5.74, 6) is 1.66. The van der Waals surface area contributed by atoms with Crippen LogP contribution in [0.4, 0.5) is 0 Å². The van der Waals surface area contributed by atoms with Gasteiger partial charge in [-0.15, -0.1) is 0 Å². The molecule has 0 aliphatic heterocycles. The summed E-state index contributed by atoms with van der Waals surface area (Å²) in [7, 11) is 3.82. The molecule has 1 aromatic heterocycles. The lowest BCUT2D eigenvalue weighted by Crippen LogP contribution is -2.18. The van der Waals surface area contributed by atoms with Gasteiger partial charge < -0.3 is 9.75 Å². The minimum Gasteiger partial charge on any atom is -0.493 e. The monoisotopic (exact) mass is 314 g/mol. The van der Waals surface area contributed by atoms with Gasteiger partial charge in [-0.3, -0.25) is 4.57 Å². The summed E-state index contributed by atoms with van der Waals surface area (Å²) in [6.45, 7) is 2.95. The van der Waals surface area contributed by atoms with E-state index in [1.165, 1.54) is 19.3 Å². The predicted octanol–water partition coefficient (Wildman–Crippen LogP) is 3.61. The van der Waals surface area contributed by atoms with E-state index in [4.69, 9.17) is 4.74 Å². The maximum absolute atomic E-state index is 6.01. The molecular formula is C18H26N4O. The Morgan fingerprint density at radius 3 is 2.74 bits per heavy atom. The third-order valence-electron chi connectivity index (χ3n) is 3.43. The molecule has 5 heteroatoms. The van der Waals surface area contributed by atoms with Crippen molar-refractivity contribution in [1.29, 1.82) is 0 Å². The van der Waals surface area contributed by atoms with Crippen LogP contribution in [-0.4, -0.2) is 41.1 Å². The van der Waals surface area contributed by atoms with E-state index in [9.17, 15) is 0 Å². The highest BCUT2D eigenvalue weighted by Crippen LogP contribution is 2.20. The number of unbranched alkanes of at least 4 members (excludes halogenated alkanes) is 3. The normalized spacial score (nSPS) is 11.5. The van der Waals surface area contributed by atoms with E-state index in [0.717, 1.165) is 30.2 Å². The third-order valence-corrected chi connectivity index (χ3v) is 3.43. The average molecular weight is 314 g/mol. The average Bonchev–Trinajstić information content (AvgIpc) is 3.07. The second-order valence-corrected chi connectivity index (χ2v) is 5.65. The molecule has 1 aromatic carbocycles. The molecule has 5 nitrogen and oxygen atoms in total. The van der Waals surface area contributed by atoms with Gasteiger partial charge in [0.1, 0.15) is 12.1 Å². The van der Waals surface area contributed by atoms with Gasteiger partial charge in [0.15, 0.2) is 5.84 Å². The molecule has 0 atom stereocenters. The van der Waals surface area contributed by atoms with E-state index in [1.54, 1.807) is 17.5 Å². The summed E-state index contributed by atoms with van der Waals surface area (Å²) in [6.07, 6.45) is 10.2. The van der Waals surface area contributed by atoms with E-state index < -0.39 is 0 Å². The van der Waals surface area contributed by atoms with Crippen LogP contribution in [0.1, 0.15) is 38.2 Å². The molecule has 23 heavy (non-hydrogen) atoms. The Balaban J connectivity index is 2.19. The zero-order chi connectivity index (χ0) is 16.5. The Labute approximate surface area is 138 Å². The first-order chi connectivity index (χ1) is 11.2. The van der Waals surface area contributed by atoms with Crippen LogP contribution in [0.3, 0.4) is 0 Å². The minimum atomic E-state index is 0.732. The van der Waals surface area contributed by atoms with Crippen molar-refractivity contribution in [3.63, 3.8) is 0 Å². The van der Waals surface area contributed by atoms with Crippen LogP contribution in [0.15, 0.2) is 48.1 Å². The summed E-state index contributed by atoms with van der Waals surface area (Å²) >= 11 is 0. The number of rotatable bonds is 8. The highest BCUT2D eigenvalue weighted by Gasteiger charge is 2.13. The van der Waals surface area contributed by atoms with Crippen LogP contribution in [0.2, 0.25) is 0 Å². The Morgan fingerprint density at radius 1 is 1.22 bits per heavy atom. The van der Waals surface area contributed by atoms with Crippen molar-refractivity contribution < 1.29 is 4.74 Å². The van der Waals surface area contributed by atoms with Gasteiger partial charge in [0.25, 0.3) is 0 Å². The summed E-state index contributed by atoms with van der Waals surface area (Å²) in [5, 5.41) is 6.39. The first kappa shape index (κ1) is 17.1. The molecule has 2 aromatic rings. The molecular weight excluding hydrogens is 288 g/mol. The zero-order valence-corrected chi connectivity index (χ0v) is 14.3. The van der Waals surface area contributed by atoms with Gasteiger partial charge in [0, 0.05) is 26.5 Å². The molecule has 124 valence electrons. The lowest BCUT2D eigenvalue weighted by Gasteiger charge is -2.15. The van der Waals surface area contributed by atoms with Crippen molar-refractivity contribution in [2.75, 3.05) is 20.7 Å². The van der Waals surface area contributed by atoms with Crippen LogP contribution in [0.25, 0.3) is 0 Å². The van der Waals surface area contributed by atoms with E-state index in [2.05, 4.69) is 17.0 Å². The van der Waals surface area contributed by atoms with Crippen molar-refractivity contribution in [3.8, 4) is 5.75 Å². The van der Waals surface area contributed by atoms with E-state index in [0.29, 0.717) is 0 Å². The molecule has 0 unspecified atom stereocenters. The number of ether oxygens (including phenoxy) is 1. The second-order valence-electron chi connectivity index (χ2n) is 5.65. The van der Waals surface area contributed by atoms with Crippen molar-refractivity contribution in [1.82, 2.24) is 14.6 Å². The number of imidazole rings is 1. The lowest BCUT2D eigenvalue weighted by molar-refractivity contribution is 0.304. The van der Waals surface area contributed by atoms with Crippen molar-refractivity contribution in [2.45, 2.75) is 32.6 Å². The maximum Gasteiger partial charge on any atom is 0.168 e. The van der Waals surface area contributed by atoms with Crippen molar-refractivity contribution >= 4 is 5.84 Å². The lowest BCUT2D eigenvalue weighted by atomic mass is 10.1. The van der Waals surface area contributed by atoms with E-state index >= 15 is 0 Å². The highest BCUT2D eigenvalue weighted by molar-refractivity contribution is 6.02. The van der Waals surface area contributed by atoms with Crippen LogP contribution in [0.5, 0.6) is 5.75 Å². The quantitative estimate of drug-likeness (QED) is 0.323. The molecule has 0 aliphatic rings.